The van der Waals surface area contributed by atoms with Crippen LogP contribution in [0.5, 0.6) is 0 Å². The molecule has 7 aliphatic rings. The highest BCUT2D eigenvalue weighted by molar-refractivity contribution is 5.33. The topological polar surface area (TPSA) is 89.9 Å². The first-order chi connectivity index (χ1) is 22.8. The van der Waals surface area contributed by atoms with E-state index in [1.807, 2.05) is 20.8 Å². The molecule has 0 amide bonds. The van der Waals surface area contributed by atoms with Gasteiger partial charge in [0.25, 0.3) is 0 Å². The molecule has 0 aromatic carbocycles. The minimum absolute atomic E-state index is 0.0144. The van der Waals surface area contributed by atoms with Crippen molar-refractivity contribution in [1.29, 1.82) is 0 Å². The molecule has 2 heterocycles. The molecule has 7 rings (SSSR count). The smallest absolute Gasteiger partial charge is 0.170 e. The Hall–Kier alpha value is -0.320. The van der Waals surface area contributed by atoms with Crippen molar-refractivity contribution in [3.8, 4) is 0 Å². The minimum atomic E-state index is -1.02. The molecule has 5 saturated carbocycles. The van der Waals surface area contributed by atoms with E-state index in [9.17, 15) is 10.2 Å². The molecule has 0 radical (unpaired) electrons. The van der Waals surface area contributed by atoms with E-state index in [0.717, 1.165) is 32.4 Å². The molecular formula is C41H71NO7. The van der Waals surface area contributed by atoms with Gasteiger partial charge in [-0.25, -0.2) is 0 Å². The first-order valence-electron chi connectivity index (χ1n) is 20.0. The highest BCUT2D eigenvalue weighted by Gasteiger charge is 2.84. The van der Waals surface area contributed by atoms with Crippen LogP contribution < -0.4 is 0 Å². The Kier molecular flexibility index (Phi) is 9.14. The number of aliphatic hydroxyl groups excluding tert-OH is 1. The second-order valence-corrected chi connectivity index (χ2v) is 20.2. The summed E-state index contributed by atoms with van der Waals surface area (Å²) in [5.74, 6) is 1.81. The summed E-state index contributed by atoms with van der Waals surface area (Å²) in [5.41, 5.74) is -0.567. The quantitative estimate of drug-likeness (QED) is 0.286. The van der Waals surface area contributed by atoms with Crippen LogP contribution in [0, 0.1) is 50.7 Å². The summed E-state index contributed by atoms with van der Waals surface area (Å²) in [6, 6.07) is 0. The number of nitrogens with zero attached hydrogens (tertiary/aromatic N) is 1. The molecular weight excluding hydrogens is 618 g/mol. The van der Waals surface area contributed by atoms with Gasteiger partial charge in [-0.1, -0.05) is 34.6 Å². The third kappa shape index (κ3) is 5.17. The van der Waals surface area contributed by atoms with Crippen molar-refractivity contribution in [1.82, 2.24) is 4.90 Å². The number of hydrogen-bond donors (Lipinski definition) is 2. The summed E-state index contributed by atoms with van der Waals surface area (Å²) in [5, 5.41) is 23.7. The summed E-state index contributed by atoms with van der Waals surface area (Å²) in [4.78, 5) is 2.47. The zero-order valence-electron chi connectivity index (χ0n) is 32.8. The molecule has 0 aromatic heterocycles. The first kappa shape index (κ1) is 37.0. The highest BCUT2D eigenvalue weighted by atomic mass is 16.7. The van der Waals surface area contributed by atoms with Crippen LogP contribution in [-0.4, -0.2) is 103 Å². The van der Waals surface area contributed by atoms with E-state index < -0.39 is 17.8 Å². The van der Waals surface area contributed by atoms with Gasteiger partial charge in [0.1, 0.15) is 6.10 Å². The fraction of sp³-hybridized carbons (Fsp3) is 1.00. The van der Waals surface area contributed by atoms with Crippen molar-refractivity contribution in [3.05, 3.63) is 0 Å². The normalized spacial score (nSPS) is 50.0. The van der Waals surface area contributed by atoms with Gasteiger partial charge in [-0.05, 0) is 131 Å². The van der Waals surface area contributed by atoms with Gasteiger partial charge in [0, 0.05) is 31.2 Å². The predicted molar refractivity (Wildman–Crippen MR) is 190 cm³/mol. The highest BCUT2D eigenvalue weighted by Crippen LogP contribution is 2.89. The van der Waals surface area contributed by atoms with Crippen LogP contribution in [0.15, 0.2) is 0 Å². The number of aliphatic hydroxyl groups is 2. The van der Waals surface area contributed by atoms with Gasteiger partial charge in [0.2, 0.25) is 0 Å². The molecule has 0 aromatic rings. The number of fused-ring (bicyclic) bond motifs is 4. The number of rotatable bonds is 9. The third-order valence-electron chi connectivity index (χ3n) is 16.8. The minimum Gasteiger partial charge on any atom is -0.390 e. The Bertz CT molecular complexity index is 1230. The second-order valence-electron chi connectivity index (χ2n) is 20.2. The fourth-order valence-electron chi connectivity index (χ4n) is 14.6. The molecule has 5 aliphatic carbocycles. The summed E-state index contributed by atoms with van der Waals surface area (Å²) >= 11 is 0. The standard InChI is InChI=1S/C41H71NO7/c1-12-46-34(37(7,8)44)26-21-25(2)31-32(48-26)33(43)39(10)28-14-13-27-36(5,6)29(15-16-40(27)23-41(28,40)18-17-38(31,39)9)49-30-22-42(19-20-47-30)35(3,4)24-45-11/h25-34,43-44H,12-24H2,1-11H3/t25-,26-,27+,28+,29+,30+,31+,32+,33+,34+,38-,39-,40?,41+/m1/s1. The van der Waals surface area contributed by atoms with E-state index >= 15 is 0 Å². The van der Waals surface area contributed by atoms with Gasteiger partial charge in [-0.3, -0.25) is 4.90 Å². The van der Waals surface area contributed by atoms with Crippen molar-refractivity contribution in [2.24, 2.45) is 50.7 Å². The van der Waals surface area contributed by atoms with Crippen molar-refractivity contribution in [2.75, 3.05) is 40.0 Å². The van der Waals surface area contributed by atoms with E-state index in [0.29, 0.717) is 54.3 Å². The lowest BCUT2D eigenvalue weighted by atomic mass is 9.41. The molecule has 49 heavy (non-hydrogen) atoms. The summed E-state index contributed by atoms with van der Waals surface area (Å²) in [6.45, 7) is 26.1. The van der Waals surface area contributed by atoms with Crippen LogP contribution >= 0.6 is 0 Å². The number of hydrogen-bond acceptors (Lipinski definition) is 8. The Morgan fingerprint density at radius 1 is 0.980 bits per heavy atom. The Labute approximate surface area is 297 Å². The SMILES string of the molecule is CCO[C@@H]([C@H]1C[C@@H](C)[C@H]2[C@H](O1)[C@H](O)[C@@]1(C)[C@@H]3CC[C@H]4C(C)(C)[C@@H](O[C@H]5CN(C(C)(C)COC)CCO5)CCC45C[C@@]35CC[C@]21C)C(C)(C)O. The number of morpholine rings is 1. The predicted octanol–water partition coefficient (Wildman–Crippen LogP) is 6.44. The van der Waals surface area contributed by atoms with Gasteiger partial charge in [0.05, 0.1) is 49.8 Å². The molecule has 0 bridgehead atoms. The molecule has 7 fully saturated rings. The van der Waals surface area contributed by atoms with E-state index in [1.54, 1.807) is 7.11 Å². The molecule has 2 saturated heterocycles. The lowest BCUT2D eigenvalue weighted by molar-refractivity contribution is -0.255. The molecule has 1 unspecified atom stereocenters. The van der Waals surface area contributed by atoms with Gasteiger partial charge >= 0.3 is 0 Å². The molecule has 14 atom stereocenters. The Morgan fingerprint density at radius 3 is 2.35 bits per heavy atom. The van der Waals surface area contributed by atoms with Gasteiger partial charge < -0.3 is 33.9 Å². The van der Waals surface area contributed by atoms with E-state index in [4.69, 9.17) is 23.7 Å². The van der Waals surface area contributed by atoms with Crippen LogP contribution in [0.25, 0.3) is 0 Å². The van der Waals surface area contributed by atoms with Crippen LogP contribution in [0.4, 0.5) is 0 Å². The maximum Gasteiger partial charge on any atom is 0.170 e. The molecule has 8 nitrogen and oxygen atoms in total. The molecule has 282 valence electrons. The Morgan fingerprint density at radius 2 is 1.67 bits per heavy atom. The van der Waals surface area contributed by atoms with E-state index in [1.165, 1.54) is 32.1 Å². The van der Waals surface area contributed by atoms with Crippen molar-refractivity contribution >= 4 is 0 Å². The zero-order valence-corrected chi connectivity index (χ0v) is 32.8. The lowest BCUT2D eigenvalue weighted by Gasteiger charge is -2.64. The largest absolute Gasteiger partial charge is 0.390 e. The summed E-state index contributed by atoms with van der Waals surface area (Å²) in [7, 11) is 1.78. The Balaban J connectivity index is 1.11. The van der Waals surface area contributed by atoms with Crippen LogP contribution in [0.1, 0.15) is 121 Å². The van der Waals surface area contributed by atoms with Crippen molar-refractivity contribution in [3.63, 3.8) is 0 Å². The molecule has 8 heteroatoms. The van der Waals surface area contributed by atoms with Crippen LogP contribution in [0.2, 0.25) is 0 Å². The van der Waals surface area contributed by atoms with Crippen LogP contribution in [0.3, 0.4) is 0 Å². The molecule has 2 aliphatic heterocycles. The summed E-state index contributed by atoms with van der Waals surface area (Å²) < 4.78 is 31.9. The van der Waals surface area contributed by atoms with Crippen molar-refractivity contribution in [2.45, 2.75) is 169 Å². The molecule has 2 spiro atoms. The second kappa shape index (κ2) is 12.1. The van der Waals surface area contributed by atoms with Gasteiger partial charge in [0.15, 0.2) is 6.29 Å². The monoisotopic (exact) mass is 690 g/mol. The maximum absolute atomic E-state index is 12.6. The average molecular weight is 690 g/mol. The lowest BCUT2D eigenvalue weighted by Crippen LogP contribution is -2.60. The molecule has 2 N–H and O–H groups in total. The average Bonchev–Trinajstić information content (AvgIpc) is 3.65. The number of ether oxygens (including phenoxy) is 5. The summed E-state index contributed by atoms with van der Waals surface area (Å²) in [6.07, 6.45) is 7.88. The zero-order chi connectivity index (χ0) is 35.6. The van der Waals surface area contributed by atoms with Crippen molar-refractivity contribution < 1.29 is 33.9 Å². The third-order valence-corrected chi connectivity index (χ3v) is 16.8. The maximum atomic E-state index is 12.6. The van der Waals surface area contributed by atoms with Crippen LogP contribution in [-0.2, 0) is 23.7 Å². The number of methoxy groups -OCH3 is 1. The van der Waals surface area contributed by atoms with Gasteiger partial charge in [-0.15, -0.1) is 0 Å². The van der Waals surface area contributed by atoms with Gasteiger partial charge in [-0.2, -0.15) is 0 Å². The van der Waals surface area contributed by atoms with E-state index in [-0.39, 0.29) is 46.4 Å². The van der Waals surface area contributed by atoms with E-state index in [2.05, 4.69) is 53.4 Å². The first-order valence-corrected chi connectivity index (χ1v) is 20.0. The fourth-order valence-corrected chi connectivity index (χ4v) is 14.6.